The maximum atomic E-state index is 5.87. The predicted octanol–water partition coefficient (Wildman–Crippen LogP) is 4.71. The average molecular weight is 231 g/mol. The summed E-state index contributed by atoms with van der Waals surface area (Å²) in [4.78, 5) is 0. The van der Waals surface area contributed by atoms with Gasteiger partial charge in [-0.1, -0.05) is 36.4 Å². The summed E-state index contributed by atoms with van der Waals surface area (Å²) in [6.45, 7) is 4.30. The van der Waals surface area contributed by atoms with Gasteiger partial charge in [-0.3, -0.25) is 0 Å². The molecule has 82 valence electrons. The summed E-state index contributed by atoms with van der Waals surface area (Å²) in [6.07, 6.45) is 0. The molecular formula is C15H15Cl. The van der Waals surface area contributed by atoms with Crippen LogP contribution in [0.1, 0.15) is 16.7 Å². The Morgan fingerprint density at radius 1 is 0.938 bits per heavy atom. The van der Waals surface area contributed by atoms with E-state index in [1.807, 2.05) is 0 Å². The van der Waals surface area contributed by atoms with Gasteiger partial charge in [0.1, 0.15) is 0 Å². The third-order valence-corrected chi connectivity index (χ3v) is 3.16. The van der Waals surface area contributed by atoms with Crippen molar-refractivity contribution in [3.05, 3.63) is 59.2 Å². The van der Waals surface area contributed by atoms with E-state index in [2.05, 4.69) is 56.3 Å². The number of aryl methyl sites for hydroxylation is 2. The van der Waals surface area contributed by atoms with E-state index in [1.165, 1.54) is 27.8 Å². The molecule has 0 bridgehead atoms. The molecule has 0 unspecified atom stereocenters. The normalized spacial score (nSPS) is 10.4. The highest BCUT2D eigenvalue weighted by Crippen LogP contribution is 2.27. The molecule has 0 fully saturated rings. The Morgan fingerprint density at radius 3 is 2.19 bits per heavy atom. The van der Waals surface area contributed by atoms with Gasteiger partial charge in [-0.15, -0.1) is 11.6 Å². The fourth-order valence-electron chi connectivity index (χ4n) is 2.08. The van der Waals surface area contributed by atoms with Crippen molar-refractivity contribution >= 4 is 11.6 Å². The lowest BCUT2D eigenvalue weighted by atomic mass is 9.95. The molecule has 0 aliphatic carbocycles. The van der Waals surface area contributed by atoms with Gasteiger partial charge in [-0.25, -0.2) is 0 Å². The van der Waals surface area contributed by atoms with Crippen molar-refractivity contribution < 1.29 is 0 Å². The number of alkyl halides is 1. The Labute approximate surface area is 102 Å². The SMILES string of the molecule is Cc1cccc(C)c1-c1cccc(CCl)c1. The third-order valence-electron chi connectivity index (χ3n) is 2.85. The third kappa shape index (κ3) is 2.12. The van der Waals surface area contributed by atoms with Crippen molar-refractivity contribution in [2.24, 2.45) is 0 Å². The number of hydrogen-bond acceptors (Lipinski definition) is 0. The largest absolute Gasteiger partial charge is 0.122 e. The van der Waals surface area contributed by atoms with Crippen molar-refractivity contribution in [1.82, 2.24) is 0 Å². The Hall–Kier alpha value is -1.27. The zero-order valence-electron chi connectivity index (χ0n) is 9.63. The van der Waals surface area contributed by atoms with Crippen LogP contribution in [0.15, 0.2) is 42.5 Å². The molecule has 0 saturated heterocycles. The average Bonchev–Trinajstić information content (AvgIpc) is 2.29. The van der Waals surface area contributed by atoms with Crippen molar-refractivity contribution in [3.8, 4) is 11.1 Å². The van der Waals surface area contributed by atoms with Gasteiger partial charge in [0.2, 0.25) is 0 Å². The van der Waals surface area contributed by atoms with Crippen LogP contribution in [0, 0.1) is 13.8 Å². The summed E-state index contributed by atoms with van der Waals surface area (Å²) < 4.78 is 0. The van der Waals surface area contributed by atoms with E-state index in [0.29, 0.717) is 5.88 Å². The van der Waals surface area contributed by atoms with Gasteiger partial charge in [-0.2, -0.15) is 0 Å². The van der Waals surface area contributed by atoms with E-state index in [4.69, 9.17) is 11.6 Å². The second-order valence-electron chi connectivity index (χ2n) is 4.10. The molecule has 0 nitrogen and oxygen atoms in total. The molecule has 0 radical (unpaired) electrons. The van der Waals surface area contributed by atoms with Gasteiger partial charge >= 0.3 is 0 Å². The smallest absolute Gasteiger partial charge is 0.0474 e. The van der Waals surface area contributed by atoms with E-state index in [1.54, 1.807) is 0 Å². The fraction of sp³-hybridized carbons (Fsp3) is 0.200. The van der Waals surface area contributed by atoms with Gasteiger partial charge in [0, 0.05) is 5.88 Å². The van der Waals surface area contributed by atoms with E-state index in [9.17, 15) is 0 Å². The first-order valence-electron chi connectivity index (χ1n) is 5.44. The van der Waals surface area contributed by atoms with Crippen LogP contribution in [0.25, 0.3) is 11.1 Å². The van der Waals surface area contributed by atoms with Crippen LogP contribution < -0.4 is 0 Å². The lowest BCUT2D eigenvalue weighted by Gasteiger charge is -2.10. The summed E-state index contributed by atoms with van der Waals surface area (Å²) in [5.74, 6) is 0.568. The standard InChI is InChI=1S/C15H15Cl/c1-11-5-3-6-12(2)15(11)14-8-4-7-13(9-14)10-16/h3-9H,10H2,1-2H3. The van der Waals surface area contributed by atoms with Crippen molar-refractivity contribution in [2.75, 3.05) is 0 Å². The van der Waals surface area contributed by atoms with E-state index in [-0.39, 0.29) is 0 Å². The lowest BCUT2D eigenvalue weighted by molar-refractivity contribution is 1.35. The first-order chi connectivity index (χ1) is 7.72. The van der Waals surface area contributed by atoms with Gasteiger partial charge < -0.3 is 0 Å². The highest BCUT2D eigenvalue weighted by Gasteiger charge is 2.05. The van der Waals surface area contributed by atoms with Gasteiger partial charge in [0.25, 0.3) is 0 Å². The Balaban J connectivity index is 2.58. The minimum absolute atomic E-state index is 0.568. The van der Waals surface area contributed by atoms with Crippen LogP contribution in [0.2, 0.25) is 0 Å². The minimum atomic E-state index is 0.568. The first-order valence-corrected chi connectivity index (χ1v) is 5.97. The Kier molecular flexibility index (Phi) is 3.31. The number of benzene rings is 2. The monoisotopic (exact) mass is 230 g/mol. The lowest BCUT2D eigenvalue weighted by Crippen LogP contribution is -1.88. The second kappa shape index (κ2) is 4.71. The molecule has 0 atom stereocenters. The van der Waals surface area contributed by atoms with Crippen LogP contribution in [-0.2, 0) is 5.88 Å². The van der Waals surface area contributed by atoms with E-state index >= 15 is 0 Å². The molecule has 16 heavy (non-hydrogen) atoms. The summed E-state index contributed by atoms with van der Waals surface area (Å²) in [7, 11) is 0. The topological polar surface area (TPSA) is 0 Å². The van der Waals surface area contributed by atoms with Crippen molar-refractivity contribution in [2.45, 2.75) is 19.7 Å². The van der Waals surface area contributed by atoms with Crippen LogP contribution >= 0.6 is 11.6 Å². The molecule has 0 spiro atoms. The Bertz CT molecular complexity index is 480. The molecule has 0 N–H and O–H groups in total. The summed E-state index contributed by atoms with van der Waals surface area (Å²) in [5, 5.41) is 0. The fourth-order valence-corrected chi connectivity index (χ4v) is 2.25. The van der Waals surface area contributed by atoms with Crippen LogP contribution in [0.5, 0.6) is 0 Å². The summed E-state index contributed by atoms with van der Waals surface area (Å²) >= 11 is 5.87. The maximum absolute atomic E-state index is 5.87. The van der Waals surface area contributed by atoms with Crippen molar-refractivity contribution in [3.63, 3.8) is 0 Å². The molecule has 0 amide bonds. The molecule has 2 rings (SSSR count). The number of rotatable bonds is 2. The molecule has 2 aromatic carbocycles. The molecular weight excluding hydrogens is 216 g/mol. The van der Waals surface area contributed by atoms with Crippen LogP contribution in [0.3, 0.4) is 0 Å². The van der Waals surface area contributed by atoms with Gasteiger partial charge in [0.15, 0.2) is 0 Å². The number of hydrogen-bond donors (Lipinski definition) is 0. The van der Waals surface area contributed by atoms with Crippen LogP contribution in [0.4, 0.5) is 0 Å². The molecule has 0 heterocycles. The van der Waals surface area contributed by atoms with E-state index in [0.717, 1.165) is 0 Å². The zero-order valence-corrected chi connectivity index (χ0v) is 10.4. The number of halogens is 1. The molecule has 0 aliphatic heterocycles. The quantitative estimate of drug-likeness (QED) is 0.656. The predicted molar refractivity (Wildman–Crippen MR) is 70.9 cm³/mol. The highest BCUT2D eigenvalue weighted by atomic mass is 35.5. The van der Waals surface area contributed by atoms with Crippen LogP contribution in [-0.4, -0.2) is 0 Å². The molecule has 2 aromatic rings. The van der Waals surface area contributed by atoms with Crippen molar-refractivity contribution in [1.29, 1.82) is 0 Å². The minimum Gasteiger partial charge on any atom is -0.122 e. The highest BCUT2D eigenvalue weighted by molar-refractivity contribution is 6.17. The van der Waals surface area contributed by atoms with Gasteiger partial charge in [-0.05, 0) is 47.7 Å². The Morgan fingerprint density at radius 2 is 1.56 bits per heavy atom. The molecule has 0 aliphatic rings. The first kappa shape index (κ1) is 11.2. The molecule has 0 saturated carbocycles. The molecule has 1 heteroatoms. The molecule has 0 aromatic heterocycles. The van der Waals surface area contributed by atoms with E-state index < -0.39 is 0 Å². The summed E-state index contributed by atoms with van der Waals surface area (Å²) in [5.41, 5.74) is 6.38. The second-order valence-corrected chi connectivity index (χ2v) is 4.37. The zero-order chi connectivity index (χ0) is 11.5. The summed E-state index contributed by atoms with van der Waals surface area (Å²) in [6, 6.07) is 14.8. The van der Waals surface area contributed by atoms with Gasteiger partial charge in [0.05, 0.1) is 0 Å². The maximum Gasteiger partial charge on any atom is 0.0474 e.